The zero-order valence-corrected chi connectivity index (χ0v) is 11.3. The largest absolute Gasteiger partial charge is 0.271 e. The molecule has 0 bridgehead atoms. The number of aromatic nitrogens is 2. The number of hydrazine groups is 1. The van der Waals surface area contributed by atoms with Gasteiger partial charge in [-0.1, -0.05) is 37.8 Å². The Balaban J connectivity index is 2.32. The van der Waals surface area contributed by atoms with Crippen molar-refractivity contribution in [1.29, 1.82) is 0 Å². The number of hydrogen-bond acceptors (Lipinski definition) is 3. The first-order chi connectivity index (χ1) is 8.08. The fraction of sp³-hybridized carbons (Fsp3) is 0.750. The Labute approximate surface area is 107 Å². The molecule has 0 aliphatic heterocycles. The Kier molecular flexibility index (Phi) is 3.76. The molecule has 96 valence electrons. The molecule has 0 amide bonds. The monoisotopic (exact) mass is 256 g/mol. The van der Waals surface area contributed by atoms with E-state index in [0.29, 0.717) is 5.02 Å². The second kappa shape index (κ2) is 4.96. The number of halogens is 1. The normalized spacial score (nSPS) is 21.4. The highest BCUT2D eigenvalue weighted by molar-refractivity contribution is 6.31. The molecule has 1 aliphatic carbocycles. The van der Waals surface area contributed by atoms with Crippen molar-refractivity contribution in [1.82, 2.24) is 15.2 Å². The van der Waals surface area contributed by atoms with Crippen LogP contribution in [0.25, 0.3) is 0 Å². The van der Waals surface area contributed by atoms with Crippen molar-refractivity contribution in [2.75, 3.05) is 0 Å². The Morgan fingerprint density at radius 2 is 2.12 bits per heavy atom. The van der Waals surface area contributed by atoms with Gasteiger partial charge < -0.3 is 0 Å². The van der Waals surface area contributed by atoms with Crippen LogP contribution in [0.3, 0.4) is 0 Å². The highest BCUT2D eigenvalue weighted by Crippen LogP contribution is 2.46. The molecule has 1 aromatic heterocycles. The van der Waals surface area contributed by atoms with Gasteiger partial charge in [0, 0.05) is 7.05 Å². The van der Waals surface area contributed by atoms with E-state index >= 15 is 0 Å². The maximum absolute atomic E-state index is 6.22. The summed E-state index contributed by atoms with van der Waals surface area (Å²) in [7, 11) is 1.91. The lowest BCUT2D eigenvalue weighted by Gasteiger charge is -2.40. The third-order valence-corrected chi connectivity index (χ3v) is 4.36. The summed E-state index contributed by atoms with van der Waals surface area (Å²) in [4.78, 5) is 0. The van der Waals surface area contributed by atoms with E-state index in [1.807, 2.05) is 11.7 Å². The molecule has 17 heavy (non-hydrogen) atoms. The Morgan fingerprint density at radius 3 is 2.59 bits per heavy atom. The molecule has 1 saturated carbocycles. The minimum absolute atomic E-state index is 0.0720. The van der Waals surface area contributed by atoms with Crippen molar-refractivity contribution < 1.29 is 0 Å². The van der Waals surface area contributed by atoms with E-state index < -0.39 is 0 Å². The lowest BCUT2D eigenvalue weighted by atomic mass is 9.70. The molecular weight excluding hydrogens is 236 g/mol. The number of nitrogens with two attached hydrogens (primary N) is 1. The zero-order valence-electron chi connectivity index (χ0n) is 10.5. The Bertz CT molecular complexity index is 362. The minimum Gasteiger partial charge on any atom is -0.271 e. The summed E-state index contributed by atoms with van der Waals surface area (Å²) in [6, 6.07) is 0.0720. The fourth-order valence-electron chi connectivity index (χ4n) is 3.00. The van der Waals surface area contributed by atoms with Crippen LogP contribution in [-0.4, -0.2) is 9.78 Å². The quantitative estimate of drug-likeness (QED) is 0.646. The molecule has 0 radical (unpaired) electrons. The Hall–Kier alpha value is -0.580. The molecule has 0 saturated heterocycles. The average Bonchev–Trinajstić information content (AvgIpc) is 2.63. The van der Waals surface area contributed by atoms with E-state index in [9.17, 15) is 0 Å². The van der Waals surface area contributed by atoms with Crippen LogP contribution in [0.2, 0.25) is 5.02 Å². The van der Waals surface area contributed by atoms with Gasteiger partial charge in [0.1, 0.15) is 0 Å². The van der Waals surface area contributed by atoms with E-state index in [-0.39, 0.29) is 11.5 Å². The lowest BCUT2D eigenvalue weighted by Crippen LogP contribution is -2.42. The van der Waals surface area contributed by atoms with Gasteiger partial charge in [-0.05, 0) is 18.3 Å². The summed E-state index contributed by atoms with van der Waals surface area (Å²) in [5, 5.41) is 4.90. The molecule has 1 unspecified atom stereocenters. The van der Waals surface area contributed by atoms with Gasteiger partial charge in [0.2, 0.25) is 0 Å². The molecule has 5 heteroatoms. The van der Waals surface area contributed by atoms with Crippen molar-refractivity contribution in [3.8, 4) is 0 Å². The second-order valence-corrected chi connectivity index (χ2v) is 5.72. The highest BCUT2D eigenvalue weighted by atomic mass is 35.5. The fourth-order valence-corrected chi connectivity index (χ4v) is 3.28. The standard InChI is InChI=1S/C12H21ClN4/c1-12(6-4-3-5-7-12)11(16-14)10-9(13)8-15-17(10)2/h8,11,16H,3-7,14H2,1-2H3. The average molecular weight is 257 g/mol. The predicted octanol–water partition coefficient (Wildman–Crippen LogP) is 2.55. The van der Waals surface area contributed by atoms with E-state index in [0.717, 1.165) is 5.69 Å². The van der Waals surface area contributed by atoms with Gasteiger partial charge in [0.15, 0.2) is 0 Å². The highest BCUT2D eigenvalue weighted by Gasteiger charge is 2.38. The zero-order chi connectivity index (χ0) is 12.5. The molecule has 0 aromatic carbocycles. The number of nitrogens with one attached hydrogen (secondary N) is 1. The van der Waals surface area contributed by atoms with E-state index in [4.69, 9.17) is 17.4 Å². The molecule has 1 heterocycles. The van der Waals surface area contributed by atoms with Gasteiger partial charge in [-0.3, -0.25) is 16.0 Å². The SMILES string of the molecule is Cn1ncc(Cl)c1C(NN)C1(C)CCCCC1. The van der Waals surface area contributed by atoms with Gasteiger partial charge in [-0.25, -0.2) is 0 Å². The van der Waals surface area contributed by atoms with Crippen LogP contribution in [0.4, 0.5) is 0 Å². The van der Waals surface area contributed by atoms with E-state index in [2.05, 4.69) is 17.4 Å². The van der Waals surface area contributed by atoms with Crippen molar-refractivity contribution in [2.45, 2.75) is 45.1 Å². The summed E-state index contributed by atoms with van der Waals surface area (Å²) >= 11 is 6.22. The van der Waals surface area contributed by atoms with E-state index in [1.54, 1.807) is 6.20 Å². The number of hydrogen-bond donors (Lipinski definition) is 2. The van der Waals surface area contributed by atoms with Gasteiger partial charge >= 0.3 is 0 Å². The van der Waals surface area contributed by atoms with Gasteiger partial charge in [0.25, 0.3) is 0 Å². The summed E-state index contributed by atoms with van der Waals surface area (Å²) in [6.07, 6.45) is 7.92. The molecule has 4 nitrogen and oxygen atoms in total. The first-order valence-electron chi connectivity index (χ1n) is 6.22. The number of nitrogens with zero attached hydrogens (tertiary/aromatic N) is 2. The van der Waals surface area contributed by atoms with Gasteiger partial charge in [-0.15, -0.1) is 0 Å². The van der Waals surface area contributed by atoms with Gasteiger partial charge in [-0.2, -0.15) is 5.10 Å². The minimum atomic E-state index is 0.0720. The maximum Gasteiger partial charge on any atom is 0.0834 e. The number of aryl methyl sites for hydroxylation is 1. The van der Waals surface area contributed by atoms with Crippen molar-refractivity contribution in [2.24, 2.45) is 18.3 Å². The van der Waals surface area contributed by atoms with E-state index in [1.165, 1.54) is 32.1 Å². The van der Waals surface area contributed by atoms with Crippen molar-refractivity contribution in [3.63, 3.8) is 0 Å². The molecule has 1 aromatic rings. The molecular formula is C12H21ClN4. The van der Waals surface area contributed by atoms with Crippen molar-refractivity contribution in [3.05, 3.63) is 16.9 Å². The summed E-state index contributed by atoms with van der Waals surface area (Å²) in [5.74, 6) is 5.77. The Morgan fingerprint density at radius 1 is 1.47 bits per heavy atom. The summed E-state index contributed by atoms with van der Waals surface area (Å²) < 4.78 is 1.83. The third kappa shape index (κ3) is 2.34. The van der Waals surface area contributed by atoms with Crippen LogP contribution in [0.15, 0.2) is 6.20 Å². The van der Waals surface area contributed by atoms with Crippen LogP contribution < -0.4 is 11.3 Å². The van der Waals surface area contributed by atoms with Crippen molar-refractivity contribution >= 4 is 11.6 Å². The first-order valence-corrected chi connectivity index (χ1v) is 6.60. The molecule has 2 rings (SSSR count). The molecule has 1 fully saturated rings. The molecule has 1 atom stereocenters. The van der Waals surface area contributed by atoms with Crippen LogP contribution in [-0.2, 0) is 7.05 Å². The third-order valence-electron chi connectivity index (χ3n) is 4.07. The smallest absolute Gasteiger partial charge is 0.0834 e. The molecule has 1 aliphatic rings. The second-order valence-electron chi connectivity index (χ2n) is 5.32. The maximum atomic E-state index is 6.22. The molecule has 3 N–H and O–H groups in total. The summed E-state index contributed by atoms with van der Waals surface area (Å²) in [6.45, 7) is 2.29. The lowest BCUT2D eigenvalue weighted by molar-refractivity contribution is 0.139. The first kappa shape index (κ1) is 12.9. The predicted molar refractivity (Wildman–Crippen MR) is 69.5 cm³/mol. The topological polar surface area (TPSA) is 55.9 Å². The van der Waals surface area contributed by atoms with Gasteiger partial charge in [0.05, 0.1) is 23.0 Å². The van der Waals surface area contributed by atoms with Crippen LogP contribution in [0.1, 0.15) is 50.8 Å². The number of rotatable bonds is 3. The van der Waals surface area contributed by atoms with Crippen LogP contribution >= 0.6 is 11.6 Å². The van der Waals surface area contributed by atoms with Crippen LogP contribution in [0.5, 0.6) is 0 Å². The summed E-state index contributed by atoms with van der Waals surface area (Å²) in [5.41, 5.74) is 4.12. The van der Waals surface area contributed by atoms with Crippen LogP contribution in [0, 0.1) is 5.41 Å². The molecule has 0 spiro atoms.